The van der Waals surface area contributed by atoms with Crippen LogP contribution >= 0.6 is 0 Å². The van der Waals surface area contributed by atoms with Crippen molar-refractivity contribution in [1.82, 2.24) is 10.0 Å². The molecule has 2 atom stereocenters. The number of carbonyl (C=O) groups is 1. The van der Waals surface area contributed by atoms with Crippen LogP contribution in [0.15, 0.2) is 18.2 Å². The fraction of sp³-hybridized carbons (Fsp3) is 0.500. The van der Waals surface area contributed by atoms with E-state index in [1.807, 2.05) is 0 Å². The molecular formula is C14H18F2N2O3S. The van der Waals surface area contributed by atoms with Crippen molar-refractivity contribution in [3.05, 3.63) is 35.4 Å². The Hall–Kier alpha value is -1.54. The highest BCUT2D eigenvalue weighted by Gasteiger charge is 2.46. The van der Waals surface area contributed by atoms with Gasteiger partial charge in [-0.2, -0.15) is 0 Å². The Labute approximate surface area is 128 Å². The highest BCUT2D eigenvalue weighted by atomic mass is 32.2. The summed E-state index contributed by atoms with van der Waals surface area (Å²) >= 11 is 0. The molecule has 1 aliphatic rings. The van der Waals surface area contributed by atoms with E-state index in [4.69, 9.17) is 0 Å². The monoisotopic (exact) mass is 332 g/mol. The zero-order valence-electron chi connectivity index (χ0n) is 12.1. The van der Waals surface area contributed by atoms with Crippen LogP contribution in [0.4, 0.5) is 8.78 Å². The van der Waals surface area contributed by atoms with Crippen LogP contribution in [0.3, 0.4) is 0 Å². The molecule has 1 aromatic carbocycles. The predicted octanol–water partition coefficient (Wildman–Crippen LogP) is 1.12. The molecule has 8 heteroatoms. The molecule has 0 radical (unpaired) electrons. The molecule has 1 fully saturated rings. The molecule has 1 aromatic rings. The van der Waals surface area contributed by atoms with Crippen molar-refractivity contribution in [2.24, 2.45) is 5.92 Å². The first-order valence-corrected chi connectivity index (χ1v) is 8.85. The number of rotatable bonds is 7. The average Bonchev–Trinajstić information content (AvgIpc) is 3.17. The van der Waals surface area contributed by atoms with Gasteiger partial charge < -0.3 is 5.32 Å². The number of sulfonamides is 1. The molecule has 122 valence electrons. The Morgan fingerprint density at radius 1 is 1.27 bits per heavy atom. The zero-order valence-corrected chi connectivity index (χ0v) is 12.9. The van der Waals surface area contributed by atoms with Gasteiger partial charge in [-0.1, -0.05) is 6.07 Å². The quantitative estimate of drug-likeness (QED) is 0.735. The van der Waals surface area contributed by atoms with E-state index < -0.39 is 33.5 Å². The lowest BCUT2D eigenvalue weighted by Crippen LogP contribution is -2.30. The van der Waals surface area contributed by atoms with Crippen molar-refractivity contribution in [2.75, 3.05) is 19.3 Å². The molecule has 0 aliphatic heterocycles. The molecule has 0 unspecified atom stereocenters. The number of halogens is 2. The molecule has 2 N–H and O–H groups in total. The summed E-state index contributed by atoms with van der Waals surface area (Å²) in [6, 6.07) is 3.66. The van der Waals surface area contributed by atoms with Gasteiger partial charge >= 0.3 is 0 Å². The fourth-order valence-electron chi connectivity index (χ4n) is 2.36. The zero-order chi connectivity index (χ0) is 16.3. The largest absolute Gasteiger partial charge is 0.356 e. The van der Waals surface area contributed by atoms with E-state index in [0.29, 0.717) is 19.4 Å². The molecule has 0 saturated heterocycles. The lowest BCUT2D eigenvalue weighted by molar-refractivity contribution is -0.122. The Morgan fingerprint density at radius 2 is 1.91 bits per heavy atom. The van der Waals surface area contributed by atoms with E-state index in [1.54, 1.807) is 0 Å². The van der Waals surface area contributed by atoms with Crippen LogP contribution in [-0.4, -0.2) is 33.7 Å². The summed E-state index contributed by atoms with van der Waals surface area (Å²) in [5.41, 5.74) is -0.0265. The highest BCUT2D eigenvalue weighted by Crippen LogP contribution is 2.49. The van der Waals surface area contributed by atoms with Crippen molar-refractivity contribution in [3.8, 4) is 0 Å². The predicted molar refractivity (Wildman–Crippen MR) is 77.7 cm³/mol. The van der Waals surface area contributed by atoms with Crippen LogP contribution in [0.5, 0.6) is 0 Å². The molecule has 1 amide bonds. The third-order valence-electron chi connectivity index (χ3n) is 3.51. The van der Waals surface area contributed by atoms with Gasteiger partial charge in [0, 0.05) is 30.5 Å². The maximum Gasteiger partial charge on any atom is 0.223 e. The van der Waals surface area contributed by atoms with E-state index in [2.05, 4.69) is 10.0 Å². The molecule has 0 aromatic heterocycles. The van der Waals surface area contributed by atoms with Gasteiger partial charge in [0.25, 0.3) is 0 Å². The van der Waals surface area contributed by atoms with Crippen LogP contribution in [0.2, 0.25) is 0 Å². The fourth-order valence-corrected chi connectivity index (χ4v) is 2.87. The number of nitrogens with one attached hydrogen (secondary N) is 2. The van der Waals surface area contributed by atoms with Crippen LogP contribution < -0.4 is 10.0 Å². The summed E-state index contributed by atoms with van der Waals surface area (Å²) in [6.07, 6.45) is 1.93. The second-order valence-electron chi connectivity index (χ2n) is 5.40. The normalized spacial score (nSPS) is 20.7. The van der Waals surface area contributed by atoms with E-state index in [0.717, 1.165) is 6.26 Å². The summed E-state index contributed by atoms with van der Waals surface area (Å²) in [4.78, 5) is 11.9. The number of carbonyl (C=O) groups excluding carboxylic acids is 1. The molecule has 0 bridgehead atoms. The molecule has 0 spiro atoms. The third-order valence-corrected chi connectivity index (χ3v) is 4.24. The van der Waals surface area contributed by atoms with Gasteiger partial charge in [-0.15, -0.1) is 0 Å². The summed E-state index contributed by atoms with van der Waals surface area (Å²) in [7, 11) is -3.23. The number of amides is 1. The molecule has 0 heterocycles. The third kappa shape index (κ3) is 4.48. The second kappa shape index (κ2) is 6.70. The van der Waals surface area contributed by atoms with Crippen LogP contribution in [-0.2, 0) is 14.8 Å². The summed E-state index contributed by atoms with van der Waals surface area (Å²) in [5, 5.41) is 2.65. The van der Waals surface area contributed by atoms with E-state index >= 15 is 0 Å². The Morgan fingerprint density at radius 3 is 2.50 bits per heavy atom. The number of hydrogen-bond acceptors (Lipinski definition) is 3. The lowest BCUT2D eigenvalue weighted by Gasteiger charge is -2.06. The summed E-state index contributed by atoms with van der Waals surface area (Å²) < 4.78 is 51.2. The van der Waals surface area contributed by atoms with Crippen molar-refractivity contribution < 1.29 is 22.0 Å². The SMILES string of the molecule is CS(=O)(=O)NCCCNC(=O)[C@@H]1C[C@@H]1c1c(F)cccc1F. The molecule has 2 rings (SSSR count). The van der Waals surface area contributed by atoms with E-state index in [-0.39, 0.29) is 18.0 Å². The Balaban J connectivity index is 1.77. The molecule has 22 heavy (non-hydrogen) atoms. The Kier molecular flexibility index (Phi) is 5.12. The first-order valence-electron chi connectivity index (χ1n) is 6.96. The van der Waals surface area contributed by atoms with Crippen LogP contribution in [0.25, 0.3) is 0 Å². The van der Waals surface area contributed by atoms with Crippen LogP contribution in [0, 0.1) is 17.6 Å². The Bertz CT molecular complexity index is 644. The number of hydrogen-bond donors (Lipinski definition) is 2. The van der Waals surface area contributed by atoms with Gasteiger partial charge in [0.15, 0.2) is 0 Å². The highest BCUT2D eigenvalue weighted by molar-refractivity contribution is 7.88. The molecular weight excluding hydrogens is 314 g/mol. The average molecular weight is 332 g/mol. The van der Waals surface area contributed by atoms with Crippen molar-refractivity contribution in [3.63, 3.8) is 0 Å². The molecule has 1 saturated carbocycles. The van der Waals surface area contributed by atoms with E-state index in [9.17, 15) is 22.0 Å². The molecule has 1 aliphatic carbocycles. The van der Waals surface area contributed by atoms with Gasteiger partial charge in [0.05, 0.1) is 6.26 Å². The minimum atomic E-state index is -3.23. The maximum atomic E-state index is 13.6. The topological polar surface area (TPSA) is 75.3 Å². The van der Waals surface area contributed by atoms with Crippen LogP contribution in [0.1, 0.15) is 24.3 Å². The molecule has 5 nitrogen and oxygen atoms in total. The van der Waals surface area contributed by atoms with Gasteiger partial charge in [0.2, 0.25) is 15.9 Å². The number of benzene rings is 1. The standard InChI is InChI=1S/C14H18F2N2O3S/c1-22(20,21)18-7-3-6-17-14(19)10-8-9(10)13-11(15)4-2-5-12(13)16/h2,4-5,9-10,18H,3,6-8H2,1H3,(H,17,19)/t9-,10+/m0/s1. The van der Waals surface area contributed by atoms with Gasteiger partial charge in [-0.25, -0.2) is 21.9 Å². The summed E-state index contributed by atoms with van der Waals surface area (Å²) in [6.45, 7) is 0.541. The smallest absolute Gasteiger partial charge is 0.223 e. The van der Waals surface area contributed by atoms with E-state index in [1.165, 1.54) is 18.2 Å². The van der Waals surface area contributed by atoms with Crippen molar-refractivity contribution in [1.29, 1.82) is 0 Å². The lowest BCUT2D eigenvalue weighted by atomic mass is 10.1. The minimum Gasteiger partial charge on any atom is -0.356 e. The minimum absolute atomic E-state index is 0.0265. The van der Waals surface area contributed by atoms with Gasteiger partial charge in [-0.3, -0.25) is 4.79 Å². The summed E-state index contributed by atoms with van der Waals surface area (Å²) in [5.74, 6) is -2.35. The second-order valence-corrected chi connectivity index (χ2v) is 7.23. The maximum absolute atomic E-state index is 13.6. The first-order chi connectivity index (χ1) is 10.3. The van der Waals surface area contributed by atoms with Crippen molar-refractivity contribution >= 4 is 15.9 Å². The van der Waals surface area contributed by atoms with Gasteiger partial charge in [0.1, 0.15) is 11.6 Å². The van der Waals surface area contributed by atoms with Gasteiger partial charge in [-0.05, 0) is 25.0 Å². The first kappa shape index (κ1) is 16.8. The van der Waals surface area contributed by atoms with Crippen molar-refractivity contribution in [2.45, 2.75) is 18.8 Å².